The van der Waals surface area contributed by atoms with Crippen molar-refractivity contribution in [2.24, 2.45) is 11.5 Å². The van der Waals surface area contributed by atoms with Crippen LogP contribution < -0.4 is 16.7 Å². The molecule has 1 unspecified atom stereocenters. The molecular weight excluding hydrogens is 417 g/mol. The molecule has 5 nitrogen and oxygen atoms in total. The van der Waals surface area contributed by atoms with Gasteiger partial charge in [-0.25, -0.2) is 0 Å². The highest BCUT2D eigenvalue weighted by Gasteiger charge is 2.47. The molecule has 0 spiro atoms. The van der Waals surface area contributed by atoms with Crippen molar-refractivity contribution in [3.05, 3.63) is 30.3 Å². The molecule has 9 heteroatoms. The van der Waals surface area contributed by atoms with Crippen LogP contribution in [0.2, 0.25) is 57.9 Å². The highest BCUT2D eigenvalue weighted by atomic mass is 28.5. The maximum absolute atomic E-state index is 6.90. The lowest BCUT2D eigenvalue weighted by Gasteiger charge is -2.42. The van der Waals surface area contributed by atoms with Crippen molar-refractivity contribution in [1.82, 2.24) is 0 Å². The molecule has 4 N–H and O–H groups in total. The first-order chi connectivity index (χ1) is 12.8. The second-order valence-corrected chi connectivity index (χ2v) is 25.1. The van der Waals surface area contributed by atoms with Crippen LogP contribution in [0.15, 0.2) is 30.3 Å². The van der Waals surface area contributed by atoms with Crippen LogP contribution in [-0.2, 0) is 12.3 Å². The lowest BCUT2D eigenvalue weighted by atomic mass is 10.4. The Morgan fingerprint density at radius 3 is 1.61 bits per heavy atom. The largest absolute Gasteiger partial charge is 0.436 e. The minimum absolute atomic E-state index is 0.703. The molecule has 0 heterocycles. The maximum atomic E-state index is 6.90. The van der Waals surface area contributed by atoms with Gasteiger partial charge in [0.15, 0.2) is 16.6 Å². The van der Waals surface area contributed by atoms with Gasteiger partial charge in [0.05, 0.1) is 0 Å². The smallest absolute Gasteiger partial charge is 0.350 e. The average Bonchev–Trinajstić information content (AvgIpc) is 2.57. The van der Waals surface area contributed by atoms with E-state index in [1.54, 1.807) is 0 Å². The van der Waals surface area contributed by atoms with Gasteiger partial charge in [-0.3, -0.25) is 0 Å². The van der Waals surface area contributed by atoms with Gasteiger partial charge in [-0.1, -0.05) is 30.3 Å². The quantitative estimate of drug-likeness (QED) is 0.439. The van der Waals surface area contributed by atoms with Gasteiger partial charge in [0.25, 0.3) is 0 Å². The molecule has 1 atom stereocenters. The van der Waals surface area contributed by atoms with Crippen molar-refractivity contribution in [2.45, 2.75) is 70.8 Å². The van der Waals surface area contributed by atoms with E-state index in [2.05, 4.69) is 70.1 Å². The number of rotatable bonds is 13. The first-order valence-corrected chi connectivity index (χ1v) is 21.8. The second kappa shape index (κ2) is 10.8. The van der Waals surface area contributed by atoms with Gasteiger partial charge in [0, 0.05) is 0 Å². The van der Waals surface area contributed by atoms with Gasteiger partial charge in [-0.15, -0.1) is 0 Å². The van der Waals surface area contributed by atoms with Crippen LogP contribution in [-0.4, -0.2) is 46.8 Å². The van der Waals surface area contributed by atoms with Gasteiger partial charge < -0.3 is 23.8 Å². The minimum atomic E-state index is -2.62. The van der Waals surface area contributed by atoms with E-state index < -0.39 is 33.8 Å². The maximum Gasteiger partial charge on any atom is 0.350 e. The number of hydrogen-bond acceptors (Lipinski definition) is 5. The standard InChI is InChI=1S/C19H42N2O3Si4/c1-25(2,17-11-15-20)22-27(5,6)24-28(7,19-13-9-8-10-14-19)23-26(3,4)18-12-16-21/h8-10,13-14H,11-12,15-18,20-21H2,1-7H3. The molecule has 28 heavy (non-hydrogen) atoms. The van der Waals surface area contributed by atoms with E-state index in [0.29, 0.717) is 13.1 Å². The third-order valence-corrected chi connectivity index (χ3v) is 20.7. The third-order valence-electron chi connectivity index (χ3n) is 4.70. The molecule has 0 aliphatic heterocycles. The molecule has 0 aliphatic carbocycles. The fourth-order valence-corrected chi connectivity index (χ4v) is 22.8. The van der Waals surface area contributed by atoms with E-state index in [1.807, 2.05) is 6.07 Å². The summed E-state index contributed by atoms with van der Waals surface area (Å²) < 4.78 is 20.5. The summed E-state index contributed by atoms with van der Waals surface area (Å²) in [6.07, 6.45) is 2.00. The van der Waals surface area contributed by atoms with Crippen molar-refractivity contribution >= 4 is 38.9 Å². The summed E-state index contributed by atoms with van der Waals surface area (Å²) in [5.74, 6) is 0. The average molecular weight is 459 g/mol. The molecule has 162 valence electrons. The lowest BCUT2D eigenvalue weighted by molar-refractivity contribution is 0.333. The molecule has 0 radical (unpaired) electrons. The van der Waals surface area contributed by atoms with Crippen LogP contribution in [0.5, 0.6) is 0 Å². The van der Waals surface area contributed by atoms with Gasteiger partial charge in [0.2, 0.25) is 0 Å². The van der Waals surface area contributed by atoms with Crippen molar-refractivity contribution in [1.29, 1.82) is 0 Å². The van der Waals surface area contributed by atoms with Gasteiger partial charge in [-0.05, 0) is 89.0 Å². The predicted molar refractivity (Wildman–Crippen MR) is 130 cm³/mol. The normalized spacial score (nSPS) is 15.5. The van der Waals surface area contributed by atoms with Gasteiger partial charge in [0.1, 0.15) is 0 Å². The van der Waals surface area contributed by atoms with Crippen LogP contribution >= 0.6 is 0 Å². The minimum Gasteiger partial charge on any atom is -0.436 e. The first kappa shape index (κ1) is 25.9. The van der Waals surface area contributed by atoms with E-state index >= 15 is 0 Å². The fourth-order valence-electron chi connectivity index (χ4n) is 3.72. The van der Waals surface area contributed by atoms with E-state index in [-0.39, 0.29) is 0 Å². The van der Waals surface area contributed by atoms with Gasteiger partial charge >= 0.3 is 17.1 Å². The summed E-state index contributed by atoms with van der Waals surface area (Å²) in [5, 5.41) is 1.17. The Hall–Kier alpha value is -0.112. The van der Waals surface area contributed by atoms with E-state index in [0.717, 1.165) is 24.9 Å². The highest BCUT2D eigenvalue weighted by molar-refractivity contribution is 6.95. The van der Waals surface area contributed by atoms with Crippen LogP contribution in [0.1, 0.15) is 12.8 Å². The molecular formula is C19H42N2O3Si4. The van der Waals surface area contributed by atoms with Gasteiger partial charge in [-0.2, -0.15) is 0 Å². The predicted octanol–water partition coefficient (Wildman–Crippen LogP) is 3.83. The van der Waals surface area contributed by atoms with E-state index in [1.165, 1.54) is 5.19 Å². The Kier molecular flexibility index (Phi) is 9.98. The number of nitrogens with two attached hydrogens (primary N) is 2. The Morgan fingerprint density at radius 2 is 1.14 bits per heavy atom. The van der Waals surface area contributed by atoms with E-state index in [4.69, 9.17) is 23.8 Å². The van der Waals surface area contributed by atoms with Crippen LogP contribution in [0.25, 0.3) is 0 Å². The number of benzene rings is 1. The monoisotopic (exact) mass is 458 g/mol. The summed E-state index contributed by atoms with van der Waals surface area (Å²) in [7, 11) is -8.73. The summed E-state index contributed by atoms with van der Waals surface area (Å²) in [4.78, 5) is 0. The Labute approximate surface area is 176 Å². The topological polar surface area (TPSA) is 79.7 Å². The summed E-state index contributed by atoms with van der Waals surface area (Å²) in [6.45, 7) is 17.0. The summed E-state index contributed by atoms with van der Waals surface area (Å²) >= 11 is 0. The fraction of sp³-hybridized carbons (Fsp3) is 0.684. The molecule has 1 aromatic carbocycles. The van der Waals surface area contributed by atoms with Crippen molar-refractivity contribution < 1.29 is 12.3 Å². The molecule has 0 saturated heterocycles. The second-order valence-electron chi connectivity index (χ2n) is 9.32. The molecule has 0 aliphatic rings. The third kappa shape index (κ3) is 9.14. The molecule has 0 fully saturated rings. The molecule has 1 rings (SSSR count). The molecule has 0 aromatic heterocycles. The zero-order chi connectivity index (χ0) is 21.5. The summed E-state index contributed by atoms with van der Waals surface area (Å²) in [6, 6.07) is 12.6. The molecule has 0 amide bonds. The Morgan fingerprint density at radius 1 is 0.679 bits per heavy atom. The van der Waals surface area contributed by atoms with E-state index in [9.17, 15) is 0 Å². The molecule has 1 aromatic rings. The SMILES string of the molecule is C[Si](C)(CCCN)O[Si](C)(C)O[Si](C)(O[Si](C)(C)CCCN)c1ccccc1. The van der Waals surface area contributed by atoms with Crippen molar-refractivity contribution in [3.8, 4) is 0 Å². The van der Waals surface area contributed by atoms with Crippen LogP contribution in [0.3, 0.4) is 0 Å². The summed E-state index contributed by atoms with van der Waals surface area (Å²) in [5.41, 5.74) is 11.5. The van der Waals surface area contributed by atoms with Crippen molar-refractivity contribution in [2.75, 3.05) is 13.1 Å². The zero-order valence-corrected chi connectivity index (χ0v) is 23.0. The lowest BCUT2D eigenvalue weighted by Crippen LogP contribution is -2.63. The number of hydrogen-bond donors (Lipinski definition) is 2. The first-order valence-electron chi connectivity index (χ1n) is 10.4. The molecule has 0 saturated carbocycles. The zero-order valence-electron chi connectivity index (χ0n) is 19.0. The highest BCUT2D eigenvalue weighted by Crippen LogP contribution is 2.27. The van der Waals surface area contributed by atoms with Crippen LogP contribution in [0, 0.1) is 0 Å². The van der Waals surface area contributed by atoms with Crippen LogP contribution in [0.4, 0.5) is 0 Å². The molecule has 0 bridgehead atoms. The Bertz CT molecular complexity index is 588. The van der Waals surface area contributed by atoms with Crippen molar-refractivity contribution in [3.63, 3.8) is 0 Å². The Balaban J connectivity index is 3.08.